The average Bonchev–Trinajstić information content (AvgIpc) is 2.28. The molecule has 17 heavy (non-hydrogen) atoms. The molecule has 1 rings (SSSR count). The van der Waals surface area contributed by atoms with E-state index in [1.807, 2.05) is 0 Å². The summed E-state index contributed by atoms with van der Waals surface area (Å²) in [5.74, 6) is 0.490. The normalized spacial score (nSPS) is 20.0. The topological polar surface area (TPSA) is 55.1 Å². The van der Waals surface area contributed by atoms with Crippen LogP contribution in [0.2, 0.25) is 0 Å². The van der Waals surface area contributed by atoms with Gasteiger partial charge in [-0.1, -0.05) is 40.0 Å². The van der Waals surface area contributed by atoms with Crippen molar-refractivity contribution in [2.75, 3.05) is 6.54 Å². The zero-order valence-corrected chi connectivity index (χ0v) is 11.6. The van der Waals surface area contributed by atoms with Gasteiger partial charge in [-0.05, 0) is 31.2 Å². The Labute approximate surface area is 106 Å². The molecule has 1 saturated carbocycles. The first-order valence-corrected chi connectivity index (χ1v) is 6.95. The number of carbonyl (C=O) groups excluding carboxylic acids is 1. The molecule has 0 spiro atoms. The molecule has 0 aromatic carbocycles. The maximum Gasteiger partial charge on any atom is 0.223 e. The summed E-state index contributed by atoms with van der Waals surface area (Å²) in [6, 6.07) is 0.196. The van der Waals surface area contributed by atoms with Crippen LogP contribution in [0.4, 0.5) is 0 Å². The smallest absolute Gasteiger partial charge is 0.223 e. The number of nitrogens with one attached hydrogen (secondary N) is 1. The van der Waals surface area contributed by atoms with Crippen LogP contribution in [0.3, 0.4) is 0 Å². The maximum absolute atomic E-state index is 12.2. The fourth-order valence-corrected chi connectivity index (χ4v) is 2.54. The van der Waals surface area contributed by atoms with E-state index in [9.17, 15) is 4.79 Å². The number of hydrogen-bond donors (Lipinski definition) is 2. The molecular weight excluding hydrogens is 212 g/mol. The Hall–Kier alpha value is -0.570. The monoisotopic (exact) mass is 240 g/mol. The third-order valence-electron chi connectivity index (χ3n) is 3.79. The van der Waals surface area contributed by atoms with Crippen LogP contribution < -0.4 is 11.1 Å². The van der Waals surface area contributed by atoms with Crippen molar-refractivity contribution in [3.63, 3.8) is 0 Å². The molecule has 0 saturated heterocycles. The number of carbonyl (C=O) groups is 1. The highest BCUT2D eigenvalue weighted by Crippen LogP contribution is 2.26. The largest absolute Gasteiger partial charge is 0.353 e. The van der Waals surface area contributed by atoms with Crippen LogP contribution in [0.15, 0.2) is 0 Å². The fourth-order valence-electron chi connectivity index (χ4n) is 2.54. The fraction of sp³-hybridized carbons (Fsp3) is 0.929. The van der Waals surface area contributed by atoms with E-state index in [1.54, 1.807) is 0 Å². The molecule has 1 amide bonds. The Morgan fingerprint density at radius 2 is 1.88 bits per heavy atom. The summed E-state index contributed by atoms with van der Waals surface area (Å²) >= 11 is 0. The first kappa shape index (κ1) is 14.5. The highest BCUT2D eigenvalue weighted by atomic mass is 16.1. The summed E-state index contributed by atoms with van der Waals surface area (Å²) in [6.07, 6.45) is 6.68. The summed E-state index contributed by atoms with van der Waals surface area (Å²) in [6.45, 7) is 7.12. The van der Waals surface area contributed by atoms with Crippen LogP contribution in [0.5, 0.6) is 0 Å². The third kappa shape index (κ3) is 4.66. The molecule has 3 nitrogen and oxygen atoms in total. The molecule has 0 aromatic heterocycles. The molecule has 3 heteroatoms. The number of rotatable bonds is 4. The summed E-state index contributed by atoms with van der Waals surface area (Å²) in [5, 5.41) is 3.21. The van der Waals surface area contributed by atoms with Gasteiger partial charge < -0.3 is 11.1 Å². The van der Waals surface area contributed by atoms with Gasteiger partial charge in [0.25, 0.3) is 0 Å². The van der Waals surface area contributed by atoms with E-state index in [-0.39, 0.29) is 23.3 Å². The zero-order valence-electron chi connectivity index (χ0n) is 11.6. The summed E-state index contributed by atoms with van der Waals surface area (Å²) < 4.78 is 0. The van der Waals surface area contributed by atoms with Gasteiger partial charge in [0.05, 0.1) is 0 Å². The van der Waals surface area contributed by atoms with Crippen LogP contribution in [-0.2, 0) is 4.79 Å². The minimum Gasteiger partial charge on any atom is -0.353 e. The molecule has 1 atom stereocenters. The second-order valence-corrected chi connectivity index (χ2v) is 6.34. The van der Waals surface area contributed by atoms with E-state index < -0.39 is 0 Å². The van der Waals surface area contributed by atoms with Crippen molar-refractivity contribution in [3.05, 3.63) is 0 Å². The Bertz CT molecular complexity index is 239. The lowest BCUT2D eigenvalue weighted by Gasteiger charge is -2.33. The van der Waals surface area contributed by atoms with Gasteiger partial charge in [0.1, 0.15) is 0 Å². The summed E-state index contributed by atoms with van der Waals surface area (Å²) in [5.41, 5.74) is 5.72. The average molecular weight is 240 g/mol. The Kier molecular flexibility index (Phi) is 5.44. The first-order valence-electron chi connectivity index (χ1n) is 6.95. The third-order valence-corrected chi connectivity index (χ3v) is 3.79. The van der Waals surface area contributed by atoms with Crippen molar-refractivity contribution in [2.24, 2.45) is 17.1 Å². The highest BCUT2D eigenvalue weighted by Gasteiger charge is 2.28. The predicted octanol–water partition coefficient (Wildman–Crippen LogP) is 2.45. The first-order chi connectivity index (χ1) is 7.95. The Balaban J connectivity index is 2.51. The van der Waals surface area contributed by atoms with Crippen LogP contribution in [0.1, 0.15) is 59.3 Å². The number of hydrogen-bond acceptors (Lipinski definition) is 2. The molecule has 3 N–H and O–H groups in total. The molecule has 1 aliphatic rings. The number of amides is 1. The van der Waals surface area contributed by atoms with Gasteiger partial charge in [0.2, 0.25) is 5.91 Å². The van der Waals surface area contributed by atoms with E-state index in [0.717, 1.165) is 19.3 Å². The van der Waals surface area contributed by atoms with Crippen molar-refractivity contribution in [2.45, 2.75) is 65.3 Å². The van der Waals surface area contributed by atoms with E-state index in [4.69, 9.17) is 5.73 Å². The molecule has 0 aromatic rings. The van der Waals surface area contributed by atoms with Gasteiger partial charge in [0, 0.05) is 12.0 Å². The van der Waals surface area contributed by atoms with Gasteiger partial charge in [0.15, 0.2) is 0 Å². The summed E-state index contributed by atoms with van der Waals surface area (Å²) in [7, 11) is 0. The summed E-state index contributed by atoms with van der Waals surface area (Å²) in [4.78, 5) is 12.2. The van der Waals surface area contributed by atoms with E-state index in [0.29, 0.717) is 6.54 Å². The number of nitrogens with two attached hydrogens (primary N) is 1. The second-order valence-electron chi connectivity index (χ2n) is 6.34. The van der Waals surface area contributed by atoms with Crippen molar-refractivity contribution in [1.29, 1.82) is 0 Å². The van der Waals surface area contributed by atoms with Crippen LogP contribution in [-0.4, -0.2) is 18.5 Å². The van der Waals surface area contributed by atoms with Crippen LogP contribution in [0.25, 0.3) is 0 Å². The second kappa shape index (κ2) is 6.39. The molecule has 0 heterocycles. The molecule has 0 bridgehead atoms. The molecule has 0 radical (unpaired) electrons. The quantitative estimate of drug-likeness (QED) is 0.793. The van der Waals surface area contributed by atoms with Gasteiger partial charge in [-0.25, -0.2) is 0 Å². The van der Waals surface area contributed by atoms with Crippen LogP contribution >= 0.6 is 0 Å². The lowest BCUT2D eigenvalue weighted by Crippen LogP contribution is -2.47. The Morgan fingerprint density at radius 3 is 2.35 bits per heavy atom. The lowest BCUT2D eigenvalue weighted by molar-refractivity contribution is -0.127. The van der Waals surface area contributed by atoms with Gasteiger partial charge in [-0.3, -0.25) is 4.79 Å². The van der Waals surface area contributed by atoms with Gasteiger partial charge in [-0.2, -0.15) is 0 Å². The SMILES string of the molecule is CC(C)(C)C(CCN)NC(=O)C1CCCCC1. The zero-order chi connectivity index (χ0) is 12.9. The molecule has 100 valence electrons. The minimum atomic E-state index is 0.0870. The van der Waals surface area contributed by atoms with E-state index >= 15 is 0 Å². The van der Waals surface area contributed by atoms with Crippen molar-refractivity contribution < 1.29 is 4.79 Å². The van der Waals surface area contributed by atoms with Crippen molar-refractivity contribution in [1.82, 2.24) is 5.32 Å². The molecular formula is C14H28N2O. The van der Waals surface area contributed by atoms with Gasteiger partial charge >= 0.3 is 0 Å². The lowest BCUT2D eigenvalue weighted by atomic mass is 9.83. The van der Waals surface area contributed by atoms with Crippen molar-refractivity contribution in [3.8, 4) is 0 Å². The Morgan fingerprint density at radius 1 is 1.29 bits per heavy atom. The van der Waals surface area contributed by atoms with E-state index in [1.165, 1.54) is 19.3 Å². The minimum absolute atomic E-state index is 0.0870. The molecule has 1 unspecified atom stereocenters. The van der Waals surface area contributed by atoms with E-state index in [2.05, 4.69) is 26.1 Å². The van der Waals surface area contributed by atoms with Gasteiger partial charge in [-0.15, -0.1) is 0 Å². The standard InChI is InChI=1S/C14H28N2O/c1-14(2,3)12(9-10-15)16-13(17)11-7-5-4-6-8-11/h11-12H,4-10,15H2,1-3H3,(H,16,17). The van der Waals surface area contributed by atoms with Crippen molar-refractivity contribution >= 4 is 5.91 Å². The molecule has 0 aliphatic heterocycles. The molecule has 1 fully saturated rings. The molecule has 1 aliphatic carbocycles. The predicted molar refractivity (Wildman–Crippen MR) is 71.6 cm³/mol. The maximum atomic E-state index is 12.2. The van der Waals surface area contributed by atoms with Crippen LogP contribution in [0, 0.1) is 11.3 Å². The highest BCUT2D eigenvalue weighted by molar-refractivity contribution is 5.79.